The van der Waals surface area contributed by atoms with Crippen LogP contribution in [0.4, 0.5) is 5.69 Å². The Balaban J connectivity index is 1.63. The molecule has 0 aliphatic rings. The minimum Gasteiger partial charge on any atom is -0.497 e. The molecule has 4 aromatic rings. The summed E-state index contributed by atoms with van der Waals surface area (Å²) >= 11 is 3.03. The largest absolute Gasteiger partial charge is 0.497 e. The third kappa shape index (κ3) is 4.56. The first-order valence-corrected chi connectivity index (χ1v) is 11.9. The third-order valence-electron chi connectivity index (χ3n) is 5.02. The number of carbonyl (C=O) groups is 1. The lowest BCUT2D eigenvalue weighted by Gasteiger charge is -2.16. The summed E-state index contributed by atoms with van der Waals surface area (Å²) in [6, 6.07) is 15.3. The summed E-state index contributed by atoms with van der Waals surface area (Å²) in [6.07, 6.45) is 2.21. The summed E-state index contributed by atoms with van der Waals surface area (Å²) in [5.74, 6) is 1.35. The molecule has 0 aliphatic heterocycles. The van der Waals surface area contributed by atoms with Crippen molar-refractivity contribution in [3.05, 3.63) is 60.2 Å². The van der Waals surface area contributed by atoms with Crippen molar-refractivity contribution >= 4 is 44.9 Å². The van der Waals surface area contributed by atoms with E-state index in [1.54, 1.807) is 31.9 Å². The number of nitrogens with zero attached hydrogens (tertiary/aromatic N) is 2. The van der Waals surface area contributed by atoms with Crippen LogP contribution < -0.4 is 14.8 Å². The second kappa shape index (κ2) is 10.0. The molecule has 2 heterocycles. The Hall–Kier alpha value is -3.10. The first-order chi connectivity index (χ1) is 15.6. The van der Waals surface area contributed by atoms with Crippen molar-refractivity contribution in [1.29, 1.82) is 0 Å². The molecular weight excluding hydrogens is 442 g/mol. The van der Waals surface area contributed by atoms with Crippen molar-refractivity contribution in [2.24, 2.45) is 0 Å². The van der Waals surface area contributed by atoms with Gasteiger partial charge in [0.05, 0.1) is 30.5 Å². The molecule has 1 atom stereocenters. The summed E-state index contributed by atoms with van der Waals surface area (Å²) in [5.41, 5.74) is 2.76. The van der Waals surface area contributed by atoms with Gasteiger partial charge in [0.1, 0.15) is 27.7 Å². The van der Waals surface area contributed by atoms with Crippen molar-refractivity contribution < 1.29 is 14.3 Å². The lowest BCUT2D eigenvalue weighted by Crippen LogP contribution is -2.25. The van der Waals surface area contributed by atoms with E-state index in [1.807, 2.05) is 55.5 Å². The number of nitrogens with one attached hydrogen (secondary N) is 1. The van der Waals surface area contributed by atoms with E-state index < -0.39 is 0 Å². The minimum atomic E-state index is -0.318. The van der Waals surface area contributed by atoms with Gasteiger partial charge >= 0.3 is 0 Å². The van der Waals surface area contributed by atoms with Crippen LogP contribution in [0.3, 0.4) is 0 Å². The number of ether oxygens (including phenoxy) is 2. The van der Waals surface area contributed by atoms with Gasteiger partial charge in [0.25, 0.3) is 0 Å². The van der Waals surface area contributed by atoms with Crippen molar-refractivity contribution in [1.82, 2.24) is 9.97 Å². The summed E-state index contributed by atoms with van der Waals surface area (Å²) in [5, 5.41) is 6.52. The fourth-order valence-electron chi connectivity index (χ4n) is 3.34. The Labute approximate surface area is 195 Å². The van der Waals surface area contributed by atoms with Crippen molar-refractivity contribution in [2.75, 3.05) is 19.5 Å². The Morgan fingerprint density at radius 2 is 1.88 bits per heavy atom. The number of rotatable bonds is 8. The number of anilines is 1. The lowest BCUT2D eigenvalue weighted by molar-refractivity contribution is -0.115. The van der Waals surface area contributed by atoms with Gasteiger partial charge in [-0.25, -0.2) is 9.97 Å². The third-order valence-corrected chi connectivity index (χ3v) is 7.27. The number of aromatic nitrogens is 2. The molecule has 0 saturated heterocycles. The van der Waals surface area contributed by atoms with Crippen molar-refractivity contribution in [3.63, 3.8) is 0 Å². The maximum absolute atomic E-state index is 13.1. The van der Waals surface area contributed by atoms with Gasteiger partial charge < -0.3 is 14.8 Å². The zero-order valence-electron chi connectivity index (χ0n) is 18.0. The topological polar surface area (TPSA) is 73.3 Å². The second-order valence-electron chi connectivity index (χ2n) is 6.94. The van der Waals surface area contributed by atoms with Crippen LogP contribution in [0, 0.1) is 0 Å². The average Bonchev–Trinajstić information content (AvgIpc) is 3.28. The average molecular weight is 466 g/mol. The van der Waals surface area contributed by atoms with E-state index in [0.717, 1.165) is 32.1 Å². The normalized spacial score (nSPS) is 11.8. The van der Waals surface area contributed by atoms with Crippen LogP contribution in [0.15, 0.2) is 65.3 Å². The second-order valence-corrected chi connectivity index (χ2v) is 8.99. The van der Waals surface area contributed by atoms with Gasteiger partial charge in [-0.2, -0.15) is 0 Å². The number of para-hydroxylation sites is 2. The van der Waals surface area contributed by atoms with Gasteiger partial charge in [0.15, 0.2) is 0 Å². The summed E-state index contributed by atoms with van der Waals surface area (Å²) in [4.78, 5) is 23.0. The Morgan fingerprint density at radius 1 is 1.09 bits per heavy atom. The van der Waals surface area contributed by atoms with Gasteiger partial charge in [0, 0.05) is 10.9 Å². The predicted molar refractivity (Wildman–Crippen MR) is 131 cm³/mol. The molecule has 164 valence electrons. The molecule has 1 amide bonds. The number of carbonyl (C=O) groups excluding carboxylic acids is 1. The van der Waals surface area contributed by atoms with E-state index >= 15 is 0 Å². The summed E-state index contributed by atoms with van der Waals surface area (Å²) < 4.78 is 10.6. The van der Waals surface area contributed by atoms with Gasteiger partial charge in [-0.3, -0.25) is 4.79 Å². The molecular formula is C24H23N3O3S2. The van der Waals surface area contributed by atoms with E-state index in [4.69, 9.17) is 9.47 Å². The zero-order valence-corrected chi connectivity index (χ0v) is 19.6. The standard InChI is InChI=1S/C24H23N3O3S2/c1-4-20(22(28)27-18-7-5-6-8-19(18)30-3)32-24-21-17(13-31-23(21)25-14-26-24)15-9-11-16(29-2)12-10-15/h5-14,20H,4H2,1-3H3,(H,27,28). The Kier molecular flexibility index (Phi) is 6.92. The van der Waals surface area contributed by atoms with Crippen LogP contribution in [-0.4, -0.2) is 35.3 Å². The van der Waals surface area contributed by atoms with Crippen molar-refractivity contribution in [3.8, 4) is 22.6 Å². The SMILES string of the molecule is CCC(Sc1ncnc2scc(-c3ccc(OC)cc3)c12)C(=O)Nc1ccccc1OC. The number of hydrogen-bond acceptors (Lipinski definition) is 7. The van der Waals surface area contributed by atoms with Gasteiger partial charge in [-0.1, -0.05) is 43.0 Å². The maximum atomic E-state index is 13.1. The molecule has 4 rings (SSSR count). The maximum Gasteiger partial charge on any atom is 0.238 e. The number of thiophene rings is 1. The Bertz CT molecular complexity index is 1220. The van der Waals surface area contributed by atoms with E-state index in [1.165, 1.54) is 11.8 Å². The summed E-state index contributed by atoms with van der Waals surface area (Å²) in [6.45, 7) is 2.00. The molecule has 1 unspecified atom stereocenters. The van der Waals surface area contributed by atoms with E-state index in [-0.39, 0.29) is 11.2 Å². The number of benzene rings is 2. The number of amides is 1. The molecule has 1 N–H and O–H groups in total. The fourth-order valence-corrected chi connectivity index (χ4v) is 5.35. The first kappa shape index (κ1) is 22.1. The van der Waals surface area contributed by atoms with E-state index in [9.17, 15) is 4.79 Å². The van der Waals surface area contributed by atoms with Crippen LogP contribution in [0.1, 0.15) is 13.3 Å². The highest BCUT2D eigenvalue weighted by atomic mass is 32.2. The molecule has 0 bridgehead atoms. The molecule has 2 aromatic carbocycles. The van der Waals surface area contributed by atoms with Gasteiger partial charge in [-0.05, 0) is 36.2 Å². The van der Waals surface area contributed by atoms with Crippen molar-refractivity contribution in [2.45, 2.75) is 23.6 Å². The smallest absolute Gasteiger partial charge is 0.238 e. The lowest BCUT2D eigenvalue weighted by atomic mass is 10.1. The fraction of sp³-hybridized carbons (Fsp3) is 0.208. The first-order valence-electron chi connectivity index (χ1n) is 10.1. The molecule has 0 aliphatic carbocycles. The van der Waals surface area contributed by atoms with Crippen LogP contribution in [-0.2, 0) is 4.79 Å². The summed E-state index contributed by atoms with van der Waals surface area (Å²) in [7, 11) is 3.24. The highest BCUT2D eigenvalue weighted by molar-refractivity contribution is 8.00. The number of thioether (sulfide) groups is 1. The number of fused-ring (bicyclic) bond motifs is 1. The van der Waals surface area contributed by atoms with E-state index in [2.05, 4.69) is 20.7 Å². The molecule has 0 radical (unpaired) electrons. The highest BCUT2D eigenvalue weighted by Gasteiger charge is 2.23. The Morgan fingerprint density at radius 3 is 2.59 bits per heavy atom. The van der Waals surface area contributed by atoms with Crippen LogP contribution in [0.25, 0.3) is 21.3 Å². The molecule has 2 aromatic heterocycles. The van der Waals surface area contributed by atoms with Gasteiger partial charge in [0.2, 0.25) is 5.91 Å². The molecule has 0 saturated carbocycles. The zero-order chi connectivity index (χ0) is 22.5. The highest BCUT2D eigenvalue weighted by Crippen LogP contribution is 2.40. The van der Waals surface area contributed by atoms with Gasteiger partial charge in [-0.15, -0.1) is 11.3 Å². The van der Waals surface area contributed by atoms with Crippen LogP contribution in [0.5, 0.6) is 11.5 Å². The van der Waals surface area contributed by atoms with Crippen LogP contribution >= 0.6 is 23.1 Å². The van der Waals surface area contributed by atoms with Crippen LogP contribution in [0.2, 0.25) is 0 Å². The molecule has 0 fully saturated rings. The number of hydrogen-bond donors (Lipinski definition) is 1. The monoisotopic (exact) mass is 465 g/mol. The predicted octanol–water partition coefficient (Wildman–Crippen LogP) is 5.88. The number of methoxy groups -OCH3 is 2. The quantitative estimate of drug-likeness (QED) is 0.259. The molecule has 0 spiro atoms. The molecule has 8 heteroatoms. The molecule has 6 nitrogen and oxygen atoms in total. The molecule has 32 heavy (non-hydrogen) atoms. The minimum absolute atomic E-state index is 0.0880. The van der Waals surface area contributed by atoms with E-state index in [0.29, 0.717) is 17.9 Å².